The monoisotopic (exact) mass is 304 g/mol. The smallest absolute Gasteiger partial charge is 0.432 e. The molecule has 0 atom stereocenters. The first kappa shape index (κ1) is 15.9. The van der Waals surface area contributed by atoms with Crippen LogP contribution in [0.25, 0.3) is 0 Å². The number of anilines is 1. The van der Waals surface area contributed by atoms with E-state index in [1.807, 2.05) is 5.32 Å². The van der Waals surface area contributed by atoms with Gasteiger partial charge in [-0.1, -0.05) is 11.6 Å². The van der Waals surface area contributed by atoms with E-state index in [2.05, 4.69) is 4.74 Å². The summed E-state index contributed by atoms with van der Waals surface area (Å²) in [6, 6.07) is 6.47. The summed E-state index contributed by atoms with van der Waals surface area (Å²) in [4.78, 5) is 11.2. The summed E-state index contributed by atoms with van der Waals surface area (Å²) in [5, 5.41) is 11.0. The van der Waals surface area contributed by atoms with E-state index in [1.54, 1.807) is 0 Å². The van der Waals surface area contributed by atoms with E-state index in [0.717, 1.165) is 7.11 Å². The Kier molecular flexibility index (Phi) is 5.00. The third-order valence-electron chi connectivity index (χ3n) is 2.15. The zero-order valence-electron chi connectivity index (χ0n) is 10.1. The van der Waals surface area contributed by atoms with Gasteiger partial charge in [-0.25, -0.2) is 4.79 Å². The number of allylic oxidation sites excluding steroid dienone is 1. The van der Waals surface area contributed by atoms with Crippen LogP contribution in [0, 0.1) is 11.3 Å². The summed E-state index contributed by atoms with van der Waals surface area (Å²) in [6.07, 6.45) is -4.92. The number of carbonyl (C=O) groups excluding carboxylic acids is 1. The van der Waals surface area contributed by atoms with Gasteiger partial charge in [-0.3, -0.25) is 0 Å². The molecule has 0 bridgehead atoms. The largest absolute Gasteiger partial charge is 0.465 e. The van der Waals surface area contributed by atoms with Gasteiger partial charge in [0.25, 0.3) is 0 Å². The molecule has 106 valence electrons. The van der Waals surface area contributed by atoms with Crippen LogP contribution in [0.3, 0.4) is 0 Å². The molecule has 0 heterocycles. The van der Waals surface area contributed by atoms with Crippen molar-refractivity contribution in [3.63, 3.8) is 0 Å². The van der Waals surface area contributed by atoms with Crippen molar-refractivity contribution in [2.24, 2.45) is 0 Å². The van der Waals surface area contributed by atoms with Gasteiger partial charge in [0, 0.05) is 10.7 Å². The third-order valence-corrected chi connectivity index (χ3v) is 2.40. The number of nitriles is 1. The molecule has 4 nitrogen and oxygen atoms in total. The molecule has 0 amide bonds. The van der Waals surface area contributed by atoms with Crippen molar-refractivity contribution >= 4 is 23.3 Å². The van der Waals surface area contributed by atoms with Crippen LogP contribution < -0.4 is 5.32 Å². The number of rotatable bonds is 3. The lowest BCUT2D eigenvalue weighted by molar-refractivity contribution is -0.136. The van der Waals surface area contributed by atoms with Gasteiger partial charge >= 0.3 is 12.1 Å². The van der Waals surface area contributed by atoms with Crippen LogP contribution in [-0.4, -0.2) is 19.3 Å². The van der Waals surface area contributed by atoms with E-state index in [0.29, 0.717) is 5.02 Å². The number of halogens is 4. The van der Waals surface area contributed by atoms with E-state index in [1.165, 1.54) is 30.3 Å². The van der Waals surface area contributed by atoms with Gasteiger partial charge in [-0.2, -0.15) is 18.4 Å². The van der Waals surface area contributed by atoms with E-state index >= 15 is 0 Å². The highest BCUT2D eigenvalue weighted by atomic mass is 35.5. The molecule has 0 aliphatic carbocycles. The van der Waals surface area contributed by atoms with Gasteiger partial charge < -0.3 is 10.1 Å². The van der Waals surface area contributed by atoms with E-state index < -0.39 is 23.4 Å². The Labute approximate surface area is 117 Å². The molecule has 1 N–H and O–H groups in total. The summed E-state index contributed by atoms with van der Waals surface area (Å²) < 4.78 is 42.9. The quantitative estimate of drug-likeness (QED) is 0.529. The van der Waals surface area contributed by atoms with Crippen molar-refractivity contribution in [2.45, 2.75) is 6.18 Å². The number of methoxy groups -OCH3 is 1. The Hall–Kier alpha value is -2.20. The lowest BCUT2D eigenvalue weighted by Gasteiger charge is -2.15. The second-order valence-electron chi connectivity index (χ2n) is 3.48. The normalized spacial score (nSPS) is 12.2. The predicted octanol–water partition coefficient (Wildman–Crippen LogP) is 3.26. The Bertz CT molecular complexity index is 574. The highest BCUT2D eigenvalue weighted by molar-refractivity contribution is 6.30. The molecule has 1 rings (SSSR count). The lowest BCUT2D eigenvalue weighted by atomic mass is 10.2. The molecular weight excluding hydrogens is 297 g/mol. The number of esters is 1. The molecule has 0 spiro atoms. The lowest BCUT2D eigenvalue weighted by Crippen LogP contribution is -2.24. The molecule has 0 aliphatic rings. The average molecular weight is 305 g/mol. The molecule has 20 heavy (non-hydrogen) atoms. The molecule has 1 aromatic rings. The second-order valence-corrected chi connectivity index (χ2v) is 3.92. The second kappa shape index (κ2) is 6.30. The number of carbonyl (C=O) groups is 1. The van der Waals surface area contributed by atoms with E-state index in [9.17, 15) is 18.0 Å². The summed E-state index contributed by atoms with van der Waals surface area (Å²) in [7, 11) is 0.885. The van der Waals surface area contributed by atoms with Crippen LogP contribution in [0.5, 0.6) is 0 Å². The van der Waals surface area contributed by atoms with Crippen molar-refractivity contribution in [1.29, 1.82) is 5.26 Å². The number of alkyl halides is 3. The van der Waals surface area contributed by atoms with Crippen LogP contribution >= 0.6 is 11.6 Å². The minimum Gasteiger partial charge on any atom is -0.465 e. The Balaban J connectivity index is 3.27. The fourth-order valence-electron chi connectivity index (χ4n) is 1.26. The van der Waals surface area contributed by atoms with Crippen molar-refractivity contribution < 1.29 is 22.7 Å². The minimum atomic E-state index is -4.92. The standard InChI is InChI=1S/C12H8ClF3N2O2/c1-20-11(19)9(6-17)10(12(14,15)16)18-8-4-2-7(13)3-5-8/h2-5,18H,1H3/b10-9-. The molecule has 0 saturated carbocycles. The number of hydrogen-bond donors (Lipinski definition) is 1. The van der Waals surface area contributed by atoms with Gasteiger partial charge in [0.15, 0.2) is 5.57 Å². The first-order valence-corrected chi connectivity index (χ1v) is 5.50. The first-order valence-electron chi connectivity index (χ1n) is 5.12. The van der Waals surface area contributed by atoms with Crippen LogP contribution in [0.1, 0.15) is 0 Å². The van der Waals surface area contributed by atoms with Crippen LogP contribution in [0.15, 0.2) is 35.5 Å². The highest BCUT2D eigenvalue weighted by Gasteiger charge is 2.39. The fraction of sp³-hybridized carbons (Fsp3) is 0.167. The molecule has 0 fully saturated rings. The maximum atomic E-state index is 12.9. The summed E-state index contributed by atoms with van der Waals surface area (Å²) >= 11 is 5.61. The Morgan fingerprint density at radius 2 is 1.90 bits per heavy atom. The molecule has 0 aromatic heterocycles. The molecule has 0 radical (unpaired) electrons. The molecule has 1 aromatic carbocycles. The van der Waals surface area contributed by atoms with Gasteiger partial charge in [0.05, 0.1) is 7.11 Å². The topological polar surface area (TPSA) is 62.1 Å². The van der Waals surface area contributed by atoms with Crippen molar-refractivity contribution in [1.82, 2.24) is 0 Å². The Morgan fingerprint density at radius 1 is 1.35 bits per heavy atom. The van der Waals surface area contributed by atoms with Crippen molar-refractivity contribution in [2.75, 3.05) is 12.4 Å². The maximum absolute atomic E-state index is 12.9. The number of nitrogens with one attached hydrogen (secondary N) is 1. The van der Waals surface area contributed by atoms with Crippen LogP contribution in [0.2, 0.25) is 5.02 Å². The first-order chi connectivity index (χ1) is 9.29. The summed E-state index contributed by atoms with van der Waals surface area (Å²) in [6.45, 7) is 0. The van der Waals surface area contributed by atoms with Crippen molar-refractivity contribution in [3.05, 3.63) is 40.6 Å². The van der Waals surface area contributed by atoms with Gasteiger partial charge in [-0.05, 0) is 24.3 Å². The van der Waals surface area contributed by atoms with E-state index in [-0.39, 0.29) is 5.69 Å². The Morgan fingerprint density at radius 3 is 2.30 bits per heavy atom. The number of hydrogen-bond acceptors (Lipinski definition) is 4. The van der Waals surface area contributed by atoms with Gasteiger partial charge in [-0.15, -0.1) is 0 Å². The average Bonchev–Trinajstić information content (AvgIpc) is 2.39. The number of ether oxygens (including phenoxy) is 1. The number of benzene rings is 1. The molecule has 0 saturated heterocycles. The highest BCUT2D eigenvalue weighted by Crippen LogP contribution is 2.30. The predicted molar refractivity (Wildman–Crippen MR) is 65.8 cm³/mol. The summed E-state index contributed by atoms with van der Waals surface area (Å²) in [5.41, 5.74) is -2.62. The third kappa shape index (κ3) is 3.90. The van der Waals surface area contributed by atoms with E-state index in [4.69, 9.17) is 16.9 Å². The maximum Gasteiger partial charge on any atom is 0.432 e. The zero-order chi connectivity index (χ0) is 15.3. The SMILES string of the molecule is COC(=O)/C(C#N)=C(\Nc1ccc(Cl)cc1)C(F)(F)F. The number of nitrogens with zero attached hydrogens (tertiary/aromatic N) is 1. The fourth-order valence-corrected chi connectivity index (χ4v) is 1.38. The van der Waals surface area contributed by atoms with Gasteiger partial charge in [0.2, 0.25) is 0 Å². The van der Waals surface area contributed by atoms with Crippen molar-refractivity contribution in [3.8, 4) is 6.07 Å². The molecule has 8 heteroatoms. The summed E-state index contributed by atoms with van der Waals surface area (Å²) in [5.74, 6) is -1.37. The van der Waals surface area contributed by atoms with Crippen LogP contribution in [-0.2, 0) is 9.53 Å². The minimum absolute atomic E-state index is 0.0263. The van der Waals surface area contributed by atoms with Gasteiger partial charge in [0.1, 0.15) is 11.8 Å². The van der Waals surface area contributed by atoms with Crippen LogP contribution in [0.4, 0.5) is 18.9 Å². The molecule has 0 aliphatic heterocycles. The zero-order valence-corrected chi connectivity index (χ0v) is 10.8. The molecular formula is C12H8ClF3N2O2. The molecule has 0 unspecified atom stereocenters.